The number of rotatable bonds is 5. The first kappa shape index (κ1) is 15.5. The van der Waals surface area contributed by atoms with Crippen molar-refractivity contribution in [2.45, 2.75) is 0 Å². The lowest BCUT2D eigenvalue weighted by Crippen LogP contribution is -2.13. The summed E-state index contributed by atoms with van der Waals surface area (Å²) in [6, 6.07) is 8.62. The van der Waals surface area contributed by atoms with E-state index in [1.54, 1.807) is 24.3 Å². The first-order chi connectivity index (χ1) is 10.1. The number of halogens is 1. The Balaban J connectivity index is 2.02. The van der Waals surface area contributed by atoms with E-state index in [0.717, 1.165) is 4.47 Å². The van der Waals surface area contributed by atoms with Gasteiger partial charge in [0.1, 0.15) is 10.6 Å². The molecule has 0 unspecified atom stereocenters. The fourth-order valence-electron chi connectivity index (χ4n) is 1.51. The normalized spacial score (nSPS) is 10.0. The van der Waals surface area contributed by atoms with Crippen LogP contribution in [0, 0.1) is 0 Å². The molecule has 0 bridgehead atoms. The molecule has 1 aromatic heterocycles. The average Bonchev–Trinajstić information content (AvgIpc) is 2.91. The second kappa shape index (κ2) is 7.24. The summed E-state index contributed by atoms with van der Waals surface area (Å²) in [5.41, 5.74) is 0.586. The number of ether oxygens (including phenoxy) is 2. The second-order valence-corrected chi connectivity index (χ2v) is 5.71. The van der Waals surface area contributed by atoms with Crippen LogP contribution in [0.2, 0.25) is 0 Å². The highest BCUT2D eigenvalue weighted by Crippen LogP contribution is 2.24. The van der Waals surface area contributed by atoms with Crippen molar-refractivity contribution in [2.24, 2.45) is 0 Å². The van der Waals surface area contributed by atoms with Gasteiger partial charge in [-0.2, -0.15) is 0 Å². The van der Waals surface area contributed by atoms with Crippen molar-refractivity contribution in [1.29, 1.82) is 0 Å². The molecule has 1 amide bonds. The van der Waals surface area contributed by atoms with Crippen LogP contribution in [-0.4, -0.2) is 25.6 Å². The molecule has 1 aromatic carbocycles. The predicted molar refractivity (Wildman–Crippen MR) is 83.9 cm³/mol. The Morgan fingerprint density at radius 2 is 2.14 bits per heavy atom. The summed E-state index contributed by atoms with van der Waals surface area (Å²) in [5.74, 6) is -0.197. The van der Waals surface area contributed by atoms with Crippen molar-refractivity contribution >= 4 is 44.8 Å². The third-order valence-electron chi connectivity index (χ3n) is 2.50. The van der Waals surface area contributed by atoms with E-state index in [4.69, 9.17) is 4.74 Å². The largest absolute Gasteiger partial charge is 0.482 e. The number of amides is 1. The number of methoxy groups -OCH3 is 1. The van der Waals surface area contributed by atoms with Gasteiger partial charge >= 0.3 is 5.97 Å². The van der Waals surface area contributed by atoms with Crippen LogP contribution >= 0.6 is 27.3 Å². The van der Waals surface area contributed by atoms with Crippen LogP contribution < -0.4 is 10.1 Å². The van der Waals surface area contributed by atoms with Crippen molar-refractivity contribution in [3.05, 3.63) is 45.1 Å². The van der Waals surface area contributed by atoms with Gasteiger partial charge in [0.05, 0.1) is 7.11 Å². The molecule has 0 radical (unpaired) electrons. The molecule has 1 heterocycles. The van der Waals surface area contributed by atoms with E-state index >= 15 is 0 Å². The lowest BCUT2D eigenvalue weighted by molar-refractivity contribution is -0.142. The van der Waals surface area contributed by atoms with Gasteiger partial charge in [0.2, 0.25) is 0 Å². The molecule has 0 aliphatic rings. The van der Waals surface area contributed by atoms with Crippen LogP contribution in [0.3, 0.4) is 0 Å². The fourth-order valence-corrected chi connectivity index (χ4v) is 2.95. The highest BCUT2D eigenvalue weighted by atomic mass is 79.9. The molecule has 1 N–H and O–H groups in total. The van der Waals surface area contributed by atoms with Crippen molar-refractivity contribution < 1.29 is 19.1 Å². The van der Waals surface area contributed by atoms with Crippen LogP contribution in [0.1, 0.15) is 9.67 Å². The molecule has 0 aliphatic heterocycles. The Morgan fingerprint density at radius 3 is 2.81 bits per heavy atom. The van der Waals surface area contributed by atoms with E-state index in [-0.39, 0.29) is 12.5 Å². The van der Waals surface area contributed by atoms with Crippen molar-refractivity contribution in [1.82, 2.24) is 0 Å². The van der Waals surface area contributed by atoms with Gasteiger partial charge in [0.25, 0.3) is 5.91 Å². The summed E-state index contributed by atoms with van der Waals surface area (Å²) >= 11 is 4.66. The second-order valence-electron chi connectivity index (χ2n) is 3.94. The van der Waals surface area contributed by atoms with E-state index < -0.39 is 5.97 Å². The molecule has 0 fully saturated rings. The molecule has 2 aromatic rings. The highest BCUT2D eigenvalue weighted by molar-refractivity contribution is 9.10. The van der Waals surface area contributed by atoms with Gasteiger partial charge in [-0.05, 0) is 39.5 Å². The zero-order chi connectivity index (χ0) is 15.2. The summed E-state index contributed by atoms with van der Waals surface area (Å²) in [6.45, 7) is -0.176. The first-order valence-electron chi connectivity index (χ1n) is 5.94. The number of hydrogen-bond acceptors (Lipinski definition) is 5. The maximum absolute atomic E-state index is 12.1. The summed E-state index contributed by atoms with van der Waals surface area (Å²) in [5, 5.41) is 4.60. The maximum Gasteiger partial charge on any atom is 0.343 e. The minimum absolute atomic E-state index is 0.176. The number of carbonyl (C=O) groups excluding carboxylic acids is 2. The lowest BCUT2D eigenvalue weighted by atomic mass is 10.3. The van der Waals surface area contributed by atoms with Crippen molar-refractivity contribution in [3.8, 4) is 5.75 Å². The van der Waals surface area contributed by atoms with Crippen LogP contribution in [-0.2, 0) is 9.53 Å². The number of anilines is 1. The van der Waals surface area contributed by atoms with E-state index in [1.807, 2.05) is 11.4 Å². The average molecular weight is 370 g/mol. The van der Waals surface area contributed by atoms with Gasteiger partial charge in [-0.15, -0.1) is 11.3 Å². The lowest BCUT2D eigenvalue weighted by Gasteiger charge is -2.08. The zero-order valence-electron chi connectivity index (χ0n) is 11.1. The molecular formula is C14H12BrNO4S. The number of carbonyl (C=O) groups is 2. The molecule has 0 aliphatic carbocycles. The molecule has 21 heavy (non-hydrogen) atoms. The molecule has 110 valence electrons. The zero-order valence-corrected chi connectivity index (χ0v) is 13.5. The number of thiophene rings is 1. The number of benzene rings is 1. The quantitative estimate of drug-likeness (QED) is 0.821. The maximum atomic E-state index is 12.1. The SMILES string of the molecule is COC(=O)COc1cccc(NC(=O)c2sccc2Br)c1. The third kappa shape index (κ3) is 4.30. The molecule has 5 nitrogen and oxygen atoms in total. The van der Waals surface area contributed by atoms with Gasteiger partial charge in [0.15, 0.2) is 6.61 Å². The molecule has 0 spiro atoms. The van der Waals surface area contributed by atoms with E-state index in [9.17, 15) is 9.59 Å². The molecule has 0 atom stereocenters. The van der Waals surface area contributed by atoms with E-state index in [0.29, 0.717) is 16.3 Å². The van der Waals surface area contributed by atoms with Crippen LogP contribution in [0.25, 0.3) is 0 Å². The van der Waals surface area contributed by atoms with Gasteiger partial charge in [0, 0.05) is 16.2 Å². The summed E-state index contributed by atoms with van der Waals surface area (Å²) in [7, 11) is 1.29. The summed E-state index contributed by atoms with van der Waals surface area (Å²) < 4.78 is 10.5. The summed E-state index contributed by atoms with van der Waals surface area (Å²) in [6.07, 6.45) is 0. The molecule has 2 rings (SSSR count). The van der Waals surface area contributed by atoms with Crippen LogP contribution in [0.5, 0.6) is 5.75 Å². The van der Waals surface area contributed by atoms with Crippen molar-refractivity contribution in [3.63, 3.8) is 0 Å². The monoisotopic (exact) mass is 369 g/mol. The highest BCUT2D eigenvalue weighted by Gasteiger charge is 2.12. The van der Waals surface area contributed by atoms with Gasteiger partial charge in [-0.1, -0.05) is 6.07 Å². The molecule has 0 saturated carbocycles. The topological polar surface area (TPSA) is 64.6 Å². The minimum atomic E-state index is -0.466. The predicted octanol–water partition coefficient (Wildman–Crippen LogP) is 3.31. The third-order valence-corrected chi connectivity index (χ3v) is 4.34. The number of nitrogens with one attached hydrogen (secondary N) is 1. The molecule has 7 heteroatoms. The fraction of sp³-hybridized carbons (Fsp3) is 0.143. The standard InChI is InChI=1S/C14H12BrNO4S/c1-19-12(17)8-20-10-4-2-3-9(7-10)16-14(18)13-11(15)5-6-21-13/h2-7H,8H2,1H3,(H,16,18). The molecule has 0 saturated heterocycles. The van der Waals surface area contributed by atoms with Crippen molar-refractivity contribution in [2.75, 3.05) is 19.0 Å². The minimum Gasteiger partial charge on any atom is -0.482 e. The number of hydrogen-bond donors (Lipinski definition) is 1. The number of esters is 1. The Bertz CT molecular complexity index is 656. The van der Waals surface area contributed by atoms with Gasteiger partial charge < -0.3 is 14.8 Å². The summed E-state index contributed by atoms with van der Waals surface area (Å²) in [4.78, 5) is 23.7. The smallest absolute Gasteiger partial charge is 0.343 e. The van der Waals surface area contributed by atoms with Gasteiger partial charge in [-0.3, -0.25) is 4.79 Å². The Kier molecular flexibility index (Phi) is 5.35. The van der Waals surface area contributed by atoms with E-state index in [1.165, 1.54) is 18.4 Å². The van der Waals surface area contributed by atoms with Crippen LogP contribution in [0.4, 0.5) is 5.69 Å². The Labute approximate surface area is 134 Å². The molecular weight excluding hydrogens is 358 g/mol. The first-order valence-corrected chi connectivity index (χ1v) is 7.61. The Morgan fingerprint density at radius 1 is 1.33 bits per heavy atom. The van der Waals surface area contributed by atoms with Gasteiger partial charge in [-0.25, -0.2) is 4.79 Å². The van der Waals surface area contributed by atoms with E-state index in [2.05, 4.69) is 26.0 Å². The van der Waals surface area contributed by atoms with Crippen LogP contribution in [0.15, 0.2) is 40.2 Å². The Hall–Kier alpha value is -1.86.